The molecule has 0 saturated heterocycles. The zero-order valence-corrected chi connectivity index (χ0v) is 15.4. The highest BCUT2D eigenvalue weighted by atomic mass is 35.5. The summed E-state index contributed by atoms with van der Waals surface area (Å²) in [7, 11) is 1.93. The molecule has 1 aromatic carbocycles. The van der Waals surface area contributed by atoms with E-state index in [2.05, 4.69) is 15.6 Å². The van der Waals surface area contributed by atoms with Crippen molar-refractivity contribution in [1.29, 1.82) is 0 Å². The van der Waals surface area contributed by atoms with Crippen LogP contribution < -0.4 is 16.4 Å². The van der Waals surface area contributed by atoms with Crippen LogP contribution in [0.2, 0.25) is 5.02 Å². The average Bonchev–Trinajstić information content (AvgIpc) is 2.43. The van der Waals surface area contributed by atoms with Crippen LogP contribution in [0.25, 0.3) is 10.9 Å². The summed E-state index contributed by atoms with van der Waals surface area (Å²) in [6.07, 6.45) is 2.77. The third kappa shape index (κ3) is 6.32. The van der Waals surface area contributed by atoms with E-state index in [0.717, 1.165) is 29.6 Å². The molecule has 0 saturated carbocycles. The number of nitrogens with zero attached hydrogens (tertiary/aromatic N) is 1. The van der Waals surface area contributed by atoms with Gasteiger partial charge in [0.1, 0.15) is 0 Å². The van der Waals surface area contributed by atoms with Crippen LogP contribution in [-0.4, -0.2) is 31.2 Å². The molecule has 1 heterocycles. The van der Waals surface area contributed by atoms with Gasteiger partial charge in [0.2, 0.25) is 0 Å². The van der Waals surface area contributed by atoms with Crippen LogP contribution in [0, 0.1) is 0 Å². The van der Waals surface area contributed by atoms with Gasteiger partial charge >= 0.3 is 0 Å². The molecule has 4 nitrogen and oxygen atoms in total. The number of likely N-dealkylation sites (N-methyl/N-ethyl adjacent to an activating group) is 1. The summed E-state index contributed by atoms with van der Waals surface area (Å²) in [5.41, 5.74) is 7.64. The molecule has 126 valence electrons. The highest BCUT2D eigenvalue weighted by molar-refractivity contribution is 6.31. The second-order valence-electron chi connectivity index (χ2n) is 4.46. The second kappa shape index (κ2) is 12.0. The molecule has 8 heteroatoms. The van der Waals surface area contributed by atoms with Gasteiger partial charge in [-0.3, -0.25) is 4.98 Å². The van der Waals surface area contributed by atoms with Gasteiger partial charge in [0, 0.05) is 41.4 Å². The molecular weight excluding hydrogens is 366 g/mol. The fraction of sp³-hybridized carbons (Fsp3) is 0.357. The minimum absolute atomic E-state index is 0. The lowest BCUT2D eigenvalue weighted by Crippen LogP contribution is -2.34. The molecule has 22 heavy (non-hydrogen) atoms. The molecule has 1 aromatic heterocycles. The Hall–Kier alpha value is -0.490. The van der Waals surface area contributed by atoms with Crippen molar-refractivity contribution in [1.82, 2.24) is 10.3 Å². The van der Waals surface area contributed by atoms with Crippen molar-refractivity contribution in [2.45, 2.75) is 12.5 Å². The van der Waals surface area contributed by atoms with E-state index in [1.54, 1.807) is 6.20 Å². The molecule has 2 aromatic rings. The van der Waals surface area contributed by atoms with E-state index in [1.807, 2.05) is 31.3 Å². The number of halogens is 4. The number of anilines is 1. The first-order valence-corrected chi connectivity index (χ1v) is 6.78. The number of nitrogens with two attached hydrogens (primary N) is 1. The monoisotopic (exact) mass is 386 g/mol. The summed E-state index contributed by atoms with van der Waals surface area (Å²) < 4.78 is 0. The van der Waals surface area contributed by atoms with Crippen molar-refractivity contribution in [3.8, 4) is 0 Å². The Balaban J connectivity index is 0. The molecule has 0 radical (unpaired) electrons. The van der Waals surface area contributed by atoms with E-state index in [0.29, 0.717) is 17.6 Å². The van der Waals surface area contributed by atoms with Gasteiger partial charge in [-0.05, 0) is 37.7 Å². The maximum atomic E-state index is 5.97. The zero-order chi connectivity index (χ0) is 13.7. The smallest absolute Gasteiger partial charge is 0.0737 e. The maximum Gasteiger partial charge on any atom is 0.0737 e. The lowest BCUT2D eigenvalue weighted by molar-refractivity contribution is 0.545. The fourth-order valence-corrected chi connectivity index (χ4v) is 2.20. The second-order valence-corrected chi connectivity index (χ2v) is 4.89. The van der Waals surface area contributed by atoms with Gasteiger partial charge in [0.05, 0.1) is 5.52 Å². The van der Waals surface area contributed by atoms with Gasteiger partial charge in [0.25, 0.3) is 0 Å². The quantitative estimate of drug-likeness (QED) is 0.709. The van der Waals surface area contributed by atoms with Crippen LogP contribution in [0.3, 0.4) is 0 Å². The summed E-state index contributed by atoms with van der Waals surface area (Å²) in [5.74, 6) is 0. The Morgan fingerprint density at radius 1 is 1.23 bits per heavy atom. The van der Waals surface area contributed by atoms with E-state index < -0.39 is 0 Å². The number of fused-ring (bicyclic) bond motifs is 1. The highest BCUT2D eigenvalue weighted by Crippen LogP contribution is 2.24. The predicted octanol–water partition coefficient (Wildman–Crippen LogP) is 3.50. The average molecular weight is 388 g/mol. The number of rotatable bonds is 6. The van der Waals surface area contributed by atoms with Gasteiger partial charge in [-0.15, -0.1) is 37.2 Å². The Morgan fingerprint density at radius 2 is 1.95 bits per heavy atom. The lowest BCUT2D eigenvalue weighted by atomic mass is 10.1. The fourth-order valence-electron chi connectivity index (χ4n) is 2.04. The van der Waals surface area contributed by atoms with Gasteiger partial charge < -0.3 is 16.4 Å². The Kier molecular flexibility index (Phi) is 13.0. The van der Waals surface area contributed by atoms with Crippen LogP contribution in [0.4, 0.5) is 5.69 Å². The Bertz CT molecular complexity index is 549. The third-order valence-corrected chi connectivity index (χ3v) is 3.44. The van der Waals surface area contributed by atoms with Crippen LogP contribution in [0.1, 0.15) is 6.42 Å². The first-order chi connectivity index (χ1) is 9.24. The van der Waals surface area contributed by atoms with E-state index in [1.165, 1.54) is 0 Å². The molecule has 4 N–H and O–H groups in total. The van der Waals surface area contributed by atoms with Crippen molar-refractivity contribution in [2.75, 3.05) is 25.5 Å². The van der Waals surface area contributed by atoms with Gasteiger partial charge in [-0.2, -0.15) is 0 Å². The molecule has 0 amide bonds. The summed E-state index contributed by atoms with van der Waals surface area (Å²) in [4.78, 5) is 4.32. The van der Waals surface area contributed by atoms with Crippen LogP contribution in [0.5, 0.6) is 0 Å². The summed E-state index contributed by atoms with van der Waals surface area (Å²) >= 11 is 5.97. The number of pyridine rings is 1. The van der Waals surface area contributed by atoms with Crippen molar-refractivity contribution in [2.24, 2.45) is 5.73 Å². The molecule has 0 aliphatic carbocycles. The van der Waals surface area contributed by atoms with Crippen molar-refractivity contribution in [3.63, 3.8) is 0 Å². The van der Waals surface area contributed by atoms with Gasteiger partial charge in [0.15, 0.2) is 0 Å². The maximum absolute atomic E-state index is 5.97. The molecule has 2 rings (SSSR count). The number of hydrogen-bond acceptors (Lipinski definition) is 4. The normalized spacial score (nSPS) is 10.9. The van der Waals surface area contributed by atoms with Gasteiger partial charge in [-0.25, -0.2) is 0 Å². The van der Waals surface area contributed by atoms with Gasteiger partial charge in [-0.1, -0.05) is 11.6 Å². The number of hydrogen-bond donors (Lipinski definition) is 3. The summed E-state index contributed by atoms with van der Waals surface area (Å²) in [6, 6.07) is 8.07. The van der Waals surface area contributed by atoms with E-state index in [4.69, 9.17) is 17.3 Å². The van der Waals surface area contributed by atoms with Crippen molar-refractivity contribution >= 4 is 65.4 Å². The number of nitrogens with one attached hydrogen (secondary N) is 2. The molecule has 0 fully saturated rings. The first kappa shape index (κ1) is 23.8. The largest absolute Gasteiger partial charge is 0.384 e. The van der Waals surface area contributed by atoms with Crippen LogP contribution >= 0.6 is 48.8 Å². The first-order valence-electron chi connectivity index (χ1n) is 6.40. The van der Waals surface area contributed by atoms with Crippen molar-refractivity contribution in [3.05, 3.63) is 35.5 Å². The van der Waals surface area contributed by atoms with Crippen molar-refractivity contribution < 1.29 is 0 Å². The Labute approximate surface area is 154 Å². The summed E-state index contributed by atoms with van der Waals surface area (Å²) in [5, 5.41) is 8.40. The molecule has 1 atom stereocenters. The third-order valence-electron chi connectivity index (χ3n) is 3.21. The van der Waals surface area contributed by atoms with E-state index in [9.17, 15) is 0 Å². The Morgan fingerprint density at radius 3 is 2.59 bits per heavy atom. The number of benzene rings is 1. The number of aromatic nitrogens is 1. The SMILES string of the molecule is CNC(CN)CCNc1ccnc2cc(Cl)ccc12.Cl.Cl.Cl. The minimum Gasteiger partial charge on any atom is -0.384 e. The predicted molar refractivity (Wildman–Crippen MR) is 104 cm³/mol. The van der Waals surface area contributed by atoms with Crippen LogP contribution in [0.15, 0.2) is 30.5 Å². The molecule has 1 unspecified atom stereocenters. The zero-order valence-electron chi connectivity index (χ0n) is 12.2. The topological polar surface area (TPSA) is 63.0 Å². The highest BCUT2D eigenvalue weighted by Gasteiger charge is 2.05. The van der Waals surface area contributed by atoms with E-state index >= 15 is 0 Å². The van der Waals surface area contributed by atoms with Crippen LogP contribution in [-0.2, 0) is 0 Å². The molecule has 0 aliphatic heterocycles. The lowest BCUT2D eigenvalue weighted by Gasteiger charge is -2.15. The standard InChI is InChI=1S/C14H19ClN4.3ClH/c1-17-11(9-16)4-6-18-13-5-7-19-14-8-10(15)2-3-12(13)14;;;/h2-3,5,7-8,11,17H,4,6,9,16H2,1H3,(H,18,19);3*1H. The molecule has 0 spiro atoms. The summed E-state index contributed by atoms with van der Waals surface area (Å²) in [6.45, 7) is 1.51. The van der Waals surface area contributed by atoms with E-state index in [-0.39, 0.29) is 37.2 Å². The minimum atomic E-state index is 0. The molecule has 0 aliphatic rings. The molecule has 0 bridgehead atoms. The molecular formula is C14H22Cl4N4.